The van der Waals surface area contributed by atoms with Gasteiger partial charge in [0.05, 0.1) is 27.2 Å². The summed E-state index contributed by atoms with van der Waals surface area (Å²) in [5.74, 6) is 0.819. The molecule has 0 saturated carbocycles. The lowest BCUT2D eigenvalue weighted by atomic mass is 10.2. The minimum Gasteiger partial charge on any atom is -0.418 e. The van der Waals surface area contributed by atoms with Crippen LogP contribution in [0.5, 0.6) is 0 Å². The van der Waals surface area contributed by atoms with Crippen LogP contribution in [0.3, 0.4) is 0 Å². The Kier molecular flexibility index (Phi) is 7.25. The van der Waals surface area contributed by atoms with Crippen LogP contribution < -0.4 is 0 Å². The van der Waals surface area contributed by atoms with Gasteiger partial charge in [0.25, 0.3) is 0 Å². The molecule has 1 nitrogen and oxygen atoms in total. The Hall–Kier alpha value is -0.255. The molecule has 0 fully saturated rings. The molecule has 0 aliphatic carbocycles. The SMILES string of the molecule is CC[N+](C)(C)CC(C)C.F[B-](F)(F)F. The molecule has 88 valence electrons. The zero-order chi connectivity index (χ0) is 12.0. The van der Waals surface area contributed by atoms with Crippen molar-refractivity contribution in [1.82, 2.24) is 0 Å². The number of hydrogen-bond donors (Lipinski definition) is 0. The first-order chi connectivity index (χ1) is 5.98. The van der Waals surface area contributed by atoms with Crippen LogP contribution in [0.25, 0.3) is 0 Å². The Morgan fingerprint density at radius 1 is 1.07 bits per heavy atom. The quantitative estimate of drug-likeness (QED) is 0.387. The van der Waals surface area contributed by atoms with Crippen LogP contribution in [0.1, 0.15) is 20.8 Å². The lowest BCUT2D eigenvalue weighted by Crippen LogP contribution is -2.42. The monoisotopic (exact) mass is 217 g/mol. The Balaban J connectivity index is 0. The zero-order valence-electron chi connectivity index (χ0n) is 9.53. The highest BCUT2D eigenvalue weighted by molar-refractivity contribution is 6.50. The second-order valence-electron chi connectivity index (χ2n) is 4.32. The van der Waals surface area contributed by atoms with Gasteiger partial charge in [0.1, 0.15) is 0 Å². The van der Waals surface area contributed by atoms with Crippen molar-refractivity contribution in [1.29, 1.82) is 0 Å². The number of halogens is 4. The fourth-order valence-electron chi connectivity index (χ4n) is 1.12. The molecule has 6 heteroatoms. The van der Waals surface area contributed by atoms with Gasteiger partial charge in [-0.3, -0.25) is 0 Å². The van der Waals surface area contributed by atoms with Crippen LogP contribution in [-0.4, -0.2) is 38.9 Å². The van der Waals surface area contributed by atoms with E-state index in [4.69, 9.17) is 0 Å². The molecule has 0 aromatic rings. The third kappa shape index (κ3) is 22.6. The van der Waals surface area contributed by atoms with Crippen molar-refractivity contribution < 1.29 is 21.7 Å². The highest BCUT2D eigenvalue weighted by Gasteiger charge is 2.20. The Morgan fingerprint density at radius 2 is 1.36 bits per heavy atom. The molecule has 0 amide bonds. The molecule has 0 N–H and O–H groups in total. The summed E-state index contributed by atoms with van der Waals surface area (Å²) in [5.41, 5.74) is 0. The van der Waals surface area contributed by atoms with Crippen molar-refractivity contribution in [2.24, 2.45) is 5.92 Å². The maximum Gasteiger partial charge on any atom is 0.673 e. The Morgan fingerprint density at radius 3 is 1.43 bits per heavy atom. The van der Waals surface area contributed by atoms with Crippen LogP contribution in [0, 0.1) is 5.92 Å². The minimum atomic E-state index is -6.00. The lowest BCUT2D eigenvalue weighted by molar-refractivity contribution is -0.891. The van der Waals surface area contributed by atoms with Gasteiger partial charge in [-0.1, -0.05) is 13.8 Å². The molecule has 0 rings (SSSR count). The van der Waals surface area contributed by atoms with Crippen LogP contribution in [0.15, 0.2) is 0 Å². The summed E-state index contributed by atoms with van der Waals surface area (Å²) in [6.07, 6.45) is 0. The molecule has 0 spiro atoms. The van der Waals surface area contributed by atoms with Crippen LogP contribution >= 0.6 is 0 Å². The van der Waals surface area contributed by atoms with Gasteiger partial charge >= 0.3 is 7.25 Å². The van der Waals surface area contributed by atoms with Gasteiger partial charge in [0, 0.05) is 5.92 Å². The summed E-state index contributed by atoms with van der Waals surface area (Å²) in [6.45, 7) is 9.31. The highest BCUT2D eigenvalue weighted by Crippen LogP contribution is 2.06. The van der Waals surface area contributed by atoms with E-state index >= 15 is 0 Å². The molecule has 0 bridgehead atoms. The summed E-state index contributed by atoms with van der Waals surface area (Å²) >= 11 is 0. The van der Waals surface area contributed by atoms with Crippen molar-refractivity contribution in [2.75, 3.05) is 27.2 Å². The van der Waals surface area contributed by atoms with Crippen LogP contribution in [0.2, 0.25) is 0 Å². The van der Waals surface area contributed by atoms with Gasteiger partial charge in [0.15, 0.2) is 0 Å². The summed E-state index contributed by atoms with van der Waals surface area (Å²) in [4.78, 5) is 0. The number of quaternary nitrogens is 1. The average molecular weight is 217 g/mol. The summed E-state index contributed by atoms with van der Waals surface area (Å²) < 4.78 is 40.2. The van der Waals surface area contributed by atoms with E-state index in [1.54, 1.807) is 0 Å². The van der Waals surface area contributed by atoms with E-state index in [-0.39, 0.29) is 0 Å². The summed E-state index contributed by atoms with van der Waals surface area (Å²) in [5, 5.41) is 0. The summed E-state index contributed by atoms with van der Waals surface area (Å²) in [6, 6.07) is 0. The Labute approximate surface area is 83.8 Å². The molecule has 0 aliphatic rings. The predicted molar refractivity (Wildman–Crippen MR) is 52.5 cm³/mol. The normalized spacial score (nSPS) is 12.4. The molecule has 0 aromatic carbocycles. The maximum absolute atomic E-state index is 9.75. The fourth-order valence-corrected chi connectivity index (χ4v) is 1.12. The molecule has 0 aliphatic heterocycles. The standard InChI is InChI=1S/C8H20N.BF4/c1-6-9(4,5)7-8(2)3;2-1(3,4)5/h8H,6-7H2,1-5H3;/q+1;-1. The third-order valence-corrected chi connectivity index (χ3v) is 1.72. The molecule has 0 heterocycles. The van der Waals surface area contributed by atoms with Crippen molar-refractivity contribution in [3.05, 3.63) is 0 Å². The molecule has 0 unspecified atom stereocenters. The summed E-state index contributed by atoms with van der Waals surface area (Å²) in [7, 11) is -1.44. The second-order valence-corrected chi connectivity index (χ2v) is 4.32. The van der Waals surface area contributed by atoms with Crippen LogP contribution in [-0.2, 0) is 0 Å². The minimum absolute atomic E-state index is 0.819. The topological polar surface area (TPSA) is 0 Å². The van der Waals surface area contributed by atoms with E-state index in [1.807, 2.05) is 0 Å². The zero-order valence-corrected chi connectivity index (χ0v) is 9.53. The molecule has 14 heavy (non-hydrogen) atoms. The van der Waals surface area contributed by atoms with Gasteiger partial charge < -0.3 is 21.7 Å². The largest absolute Gasteiger partial charge is 0.673 e. The maximum atomic E-state index is 9.75. The van der Waals surface area contributed by atoms with Gasteiger partial charge in [-0.15, -0.1) is 0 Å². The van der Waals surface area contributed by atoms with Crippen molar-refractivity contribution in [3.8, 4) is 0 Å². The van der Waals surface area contributed by atoms with E-state index in [9.17, 15) is 17.3 Å². The second kappa shape index (κ2) is 6.27. The Bertz CT molecular complexity index is 139. The molecular weight excluding hydrogens is 197 g/mol. The van der Waals surface area contributed by atoms with E-state index < -0.39 is 7.25 Å². The van der Waals surface area contributed by atoms with E-state index in [0.29, 0.717) is 0 Å². The fraction of sp³-hybridized carbons (Fsp3) is 1.00. The van der Waals surface area contributed by atoms with E-state index in [0.717, 1.165) is 10.4 Å². The molecule has 0 radical (unpaired) electrons. The number of hydrogen-bond acceptors (Lipinski definition) is 0. The molecular formula is C8H20BF4N. The van der Waals surface area contributed by atoms with Crippen LogP contribution in [0.4, 0.5) is 17.3 Å². The first kappa shape index (κ1) is 16.2. The highest BCUT2D eigenvalue weighted by atomic mass is 19.5. The third-order valence-electron chi connectivity index (χ3n) is 1.72. The van der Waals surface area contributed by atoms with Crippen molar-refractivity contribution in [2.45, 2.75) is 20.8 Å². The van der Waals surface area contributed by atoms with Gasteiger partial charge in [-0.05, 0) is 6.92 Å². The molecule has 0 saturated heterocycles. The van der Waals surface area contributed by atoms with Crippen molar-refractivity contribution in [3.63, 3.8) is 0 Å². The molecule has 0 atom stereocenters. The first-order valence-electron chi connectivity index (χ1n) is 4.67. The van der Waals surface area contributed by atoms with Crippen molar-refractivity contribution >= 4 is 7.25 Å². The predicted octanol–water partition coefficient (Wildman–Crippen LogP) is 3.04. The lowest BCUT2D eigenvalue weighted by Gasteiger charge is -2.29. The number of rotatable bonds is 3. The van der Waals surface area contributed by atoms with E-state index in [2.05, 4.69) is 34.9 Å². The average Bonchev–Trinajstić information content (AvgIpc) is 1.80. The first-order valence-corrected chi connectivity index (χ1v) is 4.67. The smallest absolute Gasteiger partial charge is 0.418 e. The van der Waals surface area contributed by atoms with Gasteiger partial charge in [-0.25, -0.2) is 0 Å². The van der Waals surface area contributed by atoms with Gasteiger partial charge in [-0.2, -0.15) is 0 Å². The van der Waals surface area contributed by atoms with Gasteiger partial charge in [0.2, 0.25) is 0 Å². The number of nitrogens with zero attached hydrogens (tertiary/aromatic N) is 1. The molecule has 0 aromatic heterocycles. The van der Waals surface area contributed by atoms with E-state index in [1.165, 1.54) is 13.1 Å².